The zero-order chi connectivity index (χ0) is 13.9. The number of rotatable bonds is 2. The van der Waals surface area contributed by atoms with E-state index in [0.29, 0.717) is 5.95 Å². The van der Waals surface area contributed by atoms with E-state index in [9.17, 15) is 0 Å². The number of aryl methyl sites for hydroxylation is 1. The number of anilines is 1. The van der Waals surface area contributed by atoms with E-state index < -0.39 is 0 Å². The molecule has 0 saturated heterocycles. The van der Waals surface area contributed by atoms with Crippen molar-refractivity contribution >= 4 is 5.95 Å². The Bertz CT molecular complexity index is 736. The standard InChI is InChI=1S/C17H15N3/c1-12-7-5-6-10-14(12)16-11-15(19-17(18)20-16)13-8-3-2-4-9-13/h2-11H,1H3,(H2,18,19,20). The van der Waals surface area contributed by atoms with E-state index in [4.69, 9.17) is 5.73 Å². The summed E-state index contributed by atoms with van der Waals surface area (Å²) >= 11 is 0. The molecule has 3 heteroatoms. The minimum atomic E-state index is 0.296. The highest BCUT2D eigenvalue weighted by molar-refractivity contribution is 5.70. The first-order valence-electron chi connectivity index (χ1n) is 6.50. The lowest BCUT2D eigenvalue weighted by atomic mass is 10.0. The zero-order valence-corrected chi connectivity index (χ0v) is 11.2. The monoisotopic (exact) mass is 261 g/mol. The first kappa shape index (κ1) is 12.4. The van der Waals surface area contributed by atoms with Crippen molar-refractivity contribution in [3.05, 3.63) is 66.2 Å². The quantitative estimate of drug-likeness (QED) is 0.765. The number of aromatic nitrogens is 2. The Morgan fingerprint density at radius 1 is 0.800 bits per heavy atom. The van der Waals surface area contributed by atoms with Crippen molar-refractivity contribution in [1.29, 1.82) is 0 Å². The van der Waals surface area contributed by atoms with Crippen LogP contribution in [0, 0.1) is 6.92 Å². The molecule has 3 aromatic rings. The second kappa shape index (κ2) is 5.13. The van der Waals surface area contributed by atoms with E-state index in [1.807, 2.05) is 54.6 Å². The van der Waals surface area contributed by atoms with Crippen molar-refractivity contribution in [3.63, 3.8) is 0 Å². The van der Waals surface area contributed by atoms with Crippen LogP contribution in [0.2, 0.25) is 0 Å². The summed E-state index contributed by atoms with van der Waals surface area (Å²) in [5.74, 6) is 0.296. The lowest BCUT2D eigenvalue weighted by molar-refractivity contribution is 1.19. The van der Waals surface area contributed by atoms with Crippen LogP contribution in [0.4, 0.5) is 5.95 Å². The Morgan fingerprint density at radius 2 is 1.45 bits per heavy atom. The molecular weight excluding hydrogens is 246 g/mol. The third-order valence-corrected chi connectivity index (χ3v) is 3.23. The van der Waals surface area contributed by atoms with Crippen LogP contribution in [0.5, 0.6) is 0 Å². The summed E-state index contributed by atoms with van der Waals surface area (Å²) in [4.78, 5) is 8.68. The zero-order valence-electron chi connectivity index (χ0n) is 11.2. The molecule has 0 aliphatic heterocycles. The molecule has 0 amide bonds. The first-order valence-corrected chi connectivity index (χ1v) is 6.50. The number of hydrogen-bond donors (Lipinski definition) is 1. The maximum Gasteiger partial charge on any atom is 0.221 e. The predicted molar refractivity (Wildman–Crippen MR) is 82.1 cm³/mol. The van der Waals surface area contributed by atoms with Gasteiger partial charge in [-0.15, -0.1) is 0 Å². The second-order valence-electron chi connectivity index (χ2n) is 4.68. The van der Waals surface area contributed by atoms with Crippen LogP contribution in [-0.4, -0.2) is 9.97 Å². The number of hydrogen-bond acceptors (Lipinski definition) is 3. The summed E-state index contributed by atoms with van der Waals surface area (Å²) in [6, 6.07) is 20.1. The van der Waals surface area contributed by atoms with Crippen molar-refractivity contribution in [1.82, 2.24) is 9.97 Å². The average molecular weight is 261 g/mol. The van der Waals surface area contributed by atoms with Crippen LogP contribution < -0.4 is 5.73 Å². The van der Waals surface area contributed by atoms with Crippen LogP contribution in [0.3, 0.4) is 0 Å². The second-order valence-corrected chi connectivity index (χ2v) is 4.68. The SMILES string of the molecule is Cc1ccccc1-c1cc(-c2ccccc2)nc(N)n1. The summed E-state index contributed by atoms with van der Waals surface area (Å²) in [5.41, 5.74) is 10.9. The predicted octanol–water partition coefficient (Wildman–Crippen LogP) is 3.70. The van der Waals surface area contributed by atoms with Crippen LogP contribution in [0.15, 0.2) is 60.7 Å². The summed E-state index contributed by atoms with van der Waals surface area (Å²) in [7, 11) is 0. The average Bonchev–Trinajstić information content (AvgIpc) is 2.48. The van der Waals surface area contributed by atoms with Crippen molar-refractivity contribution in [2.75, 3.05) is 5.73 Å². The fourth-order valence-electron chi connectivity index (χ4n) is 2.22. The minimum absolute atomic E-state index is 0.296. The Hall–Kier alpha value is -2.68. The van der Waals surface area contributed by atoms with Crippen LogP contribution in [0.1, 0.15) is 5.56 Å². The van der Waals surface area contributed by atoms with Gasteiger partial charge in [0.25, 0.3) is 0 Å². The van der Waals surface area contributed by atoms with Crippen molar-refractivity contribution in [2.24, 2.45) is 0 Å². The van der Waals surface area contributed by atoms with Gasteiger partial charge in [-0.3, -0.25) is 0 Å². The van der Waals surface area contributed by atoms with E-state index in [-0.39, 0.29) is 0 Å². The third-order valence-electron chi connectivity index (χ3n) is 3.23. The highest BCUT2D eigenvalue weighted by Gasteiger charge is 2.08. The number of nitrogen functional groups attached to an aromatic ring is 1. The summed E-state index contributed by atoms with van der Waals surface area (Å²) in [6.45, 7) is 2.07. The van der Waals surface area contributed by atoms with Crippen molar-refractivity contribution < 1.29 is 0 Å². The van der Waals surface area contributed by atoms with Gasteiger partial charge in [-0.25, -0.2) is 9.97 Å². The van der Waals surface area contributed by atoms with Gasteiger partial charge in [0.2, 0.25) is 5.95 Å². The Morgan fingerprint density at radius 3 is 2.20 bits per heavy atom. The molecule has 0 unspecified atom stereocenters. The normalized spacial score (nSPS) is 10.4. The smallest absolute Gasteiger partial charge is 0.221 e. The molecule has 0 atom stereocenters. The molecule has 2 N–H and O–H groups in total. The molecule has 1 heterocycles. The van der Waals surface area contributed by atoms with E-state index >= 15 is 0 Å². The maximum atomic E-state index is 5.86. The highest BCUT2D eigenvalue weighted by atomic mass is 15.0. The van der Waals surface area contributed by atoms with Crippen LogP contribution >= 0.6 is 0 Å². The molecule has 0 bridgehead atoms. The molecule has 0 saturated carbocycles. The minimum Gasteiger partial charge on any atom is -0.368 e. The Balaban J connectivity index is 2.15. The van der Waals surface area contributed by atoms with E-state index in [2.05, 4.69) is 23.0 Å². The maximum absolute atomic E-state index is 5.86. The molecule has 0 radical (unpaired) electrons. The van der Waals surface area contributed by atoms with Gasteiger partial charge < -0.3 is 5.73 Å². The largest absolute Gasteiger partial charge is 0.368 e. The summed E-state index contributed by atoms with van der Waals surface area (Å²) in [5, 5.41) is 0. The van der Waals surface area contributed by atoms with Gasteiger partial charge in [0, 0.05) is 11.1 Å². The van der Waals surface area contributed by atoms with Gasteiger partial charge in [0.1, 0.15) is 0 Å². The Labute approximate surface area is 118 Å². The molecule has 20 heavy (non-hydrogen) atoms. The molecule has 3 rings (SSSR count). The fraction of sp³-hybridized carbons (Fsp3) is 0.0588. The lowest BCUT2D eigenvalue weighted by Crippen LogP contribution is -1.99. The molecule has 2 aromatic carbocycles. The van der Waals surface area contributed by atoms with Gasteiger partial charge in [-0.1, -0.05) is 54.6 Å². The summed E-state index contributed by atoms with van der Waals surface area (Å²) in [6.07, 6.45) is 0. The van der Waals surface area contributed by atoms with Crippen LogP contribution in [0.25, 0.3) is 22.5 Å². The molecule has 0 aliphatic rings. The van der Waals surface area contributed by atoms with Gasteiger partial charge in [-0.05, 0) is 18.6 Å². The third kappa shape index (κ3) is 2.38. The molecule has 0 spiro atoms. The number of nitrogens with two attached hydrogens (primary N) is 1. The molecular formula is C17H15N3. The van der Waals surface area contributed by atoms with Gasteiger partial charge >= 0.3 is 0 Å². The highest BCUT2D eigenvalue weighted by Crippen LogP contribution is 2.26. The molecule has 0 aliphatic carbocycles. The topological polar surface area (TPSA) is 51.8 Å². The summed E-state index contributed by atoms with van der Waals surface area (Å²) < 4.78 is 0. The first-order chi connectivity index (χ1) is 9.74. The van der Waals surface area contributed by atoms with Gasteiger partial charge in [0.15, 0.2) is 0 Å². The molecule has 3 nitrogen and oxygen atoms in total. The molecule has 98 valence electrons. The van der Waals surface area contributed by atoms with Gasteiger partial charge in [0.05, 0.1) is 11.4 Å². The van der Waals surface area contributed by atoms with E-state index in [1.54, 1.807) is 0 Å². The lowest BCUT2D eigenvalue weighted by Gasteiger charge is -2.08. The van der Waals surface area contributed by atoms with Crippen LogP contribution in [-0.2, 0) is 0 Å². The van der Waals surface area contributed by atoms with E-state index in [0.717, 1.165) is 22.5 Å². The number of benzene rings is 2. The van der Waals surface area contributed by atoms with Gasteiger partial charge in [-0.2, -0.15) is 0 Å². The number of nitrogens with zero attached hydrogens (tertiary/aromatic N) is 2. The Kier molecular flexibility index (Phi) is 3.17. The fourth-order valence-corrected chi connectivity index (χ4v) is 2.22. The molecule has 0 fully saturated rings. The van der Waals surface area contributed by atoms with Crippen molar-refractivity contribution in [3.8, 4) is 22.5 Å². The van der Waals surface area contributed by atoms with E-state index in [1.165, 1.54) is 5.56 Å². The van der Waals surface area contributed by atoms with Crippen molar-refractivity contribution in [2.45, 2.75) is 6.92 Å². The molecule has 1 aromatic heterocycles.